The lowest BCUT2D eigenvalue weighted by atomic mass is 9.69. The van der Waals surface area contributed by atoms with Gasteiger partial charge in [-0.2, -0.15) is 0 Å². The molecule has 136 valence electrons. The van der Waals surface area contributed by atoms with Crippen molar-refractivity contribution in [3.8, 4) is 0 Å². The first-order valence-corrected chi connectivity index (χ1v) is 10.1. The van der Waals surface area contributed by atoms with Gasteiger partial charge in [-0.25, -0.2) is 0 Å². The summed E-state index contributed by atoms with van der Waals surface area (Å²) < 4.78 is 0. The fourth-order valence-electron chi connectivity index (χ4n) is 5.33. The van der Waals surface area contributed by atoms with E-state index in [1.807, 2.05) is 0 Å². The van der Waals surface area contributed by atoms with Gasteiger partial charge in [0, 0.05) is 13.0 Å². The molecule has 2 amide bonds. The minimum absolute atomic E-state index is 0.0730. The molecule has 2 N–H and O–H groups in total. The molecule has 0 heterocycles. The lowest BCUT2D eigenvalue weighted by Gasteiger charge is -2.42. The van der Waals surface area contributed by atoms with Crippen LogP contribution in [-0.4, -0.2) is 23.4 Å². The Balaban J connectivity index is 1.62. The number of hydrogen-bond donors (Lipinski definition) is 2. The number of hydrogen-bond acceptors (Lipinski definition) is 2. The molecule has 4 nitrogen and oxygen atoms in total. The Bertz CT molecular complexity index is 468. The largest absolute Gasteiger partial charge is 0.351 e. The summed E-state index contributed by atoms with van der Waals surface area (Å²) in [6.07, 6.45) is 12.6. The van der Waals surface area contributed by atoms with Crippen molar-refractivity contribution >= 4 is 11.8 Å². The molecule has 3 saturated carbocycles. The van der Waals surface area contributed by atoms with Crippen molar-refractivity contribution < 1.29 is 9.59 Å². The second-order valence-electron chi connectivity index (χ2n) is 8.73. The molecule has 3 fully saturated rings. The SMILES string of the molecule is CC(=O)NC1(C(=O)N[C@@H]2CC[C@H]3CCCC[C@@H]3C2)CCC(C)CC1. The van der Waals surface area contributed by atoms with Crippen LogP contribution in [0.1, 0.15) is 84.5 Å². The van der Waals surface area contributed by atoms with Crippen molar-refractivity contribution in [2.24, 2.45) is 17.8 Å². The molecule has 3 aliphatic rings. The highest BCUT2D eigenvalue weighted by atomic mass is 16.2. The van der Waals surface area contributed by atoms with Gasteiger partial charge >= 0.3 is 0 Å². The molecule has 0 unspecified atom stereocenters. The van der Waals surface area contributed by atoms with Crippen LogP contribution < -0.4 is 10.6 Å². The average Bonchev–Trinajstić information content (AvgIpc) is 2.56. The van der Waals surface area contributed by atoms with Crippen LogP contribution in [0.3, 0.4) is 0 Å². The van der Waals surface area contributed by atoms with Gasteiger partial charge in [0.2, 0.25) is 11.8 Å². The summed E-state index contributed by atoms with van der Waals surface area (Å²) in [5.74, 6) is 2.34. The number of carbonyl (C=O) groups excluding carboxylic acids is 2. The minimum atomic E-state index is -0.665. The Morgan fingerprint density at radius 2 is 1.58 bits per heavy atom. The van der Waals surface area contributed by atoms with Crippen LogP contribution in [0.15, 0.2) is 0 Å². The first kappa shape index (κ1) is 17.8. The number of fused-ring (bicyclic) bond motifs is 1. The maximum absolute atomic E-state index is 13.1. The van der Waals surface area contributed by atoms with Crippen LogP contribution in [0.5, 0.6) is 0 Å². The van der Waals surface area contributed by atoms with E-state index in [1.54, 1.807) is 0 Å². The lowest BCUT2D eigenvalue weighted by Crippen LogP contribution is -2.61. The van der Waals surface area contributed by atoms with E-state index in [4.69, 9.17) is 0 Å². The Kier molecular flexibility index (Phi) is 5.51. The van der Waals surface area contributed by atoms with E-state index >= 15 is 0 Å². The van der Waals surface area contributed by atoms with Gasteiger partial charge < -0.3 is 10.6 Å². The Morgan fingerprint density at radius 3 is 2.25 bits per heavy atom. The molecule has 0 radical (unpaired) electrons. The zero-order valence-electron chi connectivity index (χ0n) is 15.4. The maximum Gasteiger partial charge on any atom is 0.245 e. The zero-order chi connectivity index (χ0) is 17.2. The number of nitrogens with one attached hydrogen (secondary N) is 2. The molecule has 0 aromatic carbocycles. The third kappa shape index (κ3) is 3.94. The maximum atomic E-state index is 13.1. The van der Waals surface area contributed by atoms with Gasteiger partial charge in [0.15, 0.2) is 0 Å². The molecule has 3 atom stereocenters. The van der Waals surface area contributed by atoms with E-state index in [2.05, 4.69) is 17.6 Å². The third-order valence-electron chi connectivity index (χ3n) is 6.85. The summed E-state index contributed by atoms with van der Waals surface area (Å²) in [6, 6.07) is 0.307. The standard InChI is InChI=1S/C20H34N2O2/c1-14-9-11-20(12-10-14,22-15(2)23)19(24)21-18-8-7-16-5-3-4-6-17(16)13-18/h14,16-18H,3-13H2,1-2H3,(H,21,24)(H,22,23)/t14?,16-,17-,18-,20?/m1/s1. The molecule has 0 aromatic rings. The molecule has 0 saturated heterocycles. The van der Waals surface area contributed by atoms with Gasteiger partial charge in [-0.15, -0.1) is 0 Å². The van der Waals surface area contributed by atoms with Crippen molar-refractivity contribution in [2.45, 2.75) is 96.1 Å². The van der Waals surface area contributed by atoms with Gasteiger partial charge in [-0.1, -0.05) is 32.6 Å². The average molecular weight is 335 g/mol. The fourth-order valence-corrected chi connectivity index (χ4v) is 5.33. The molecular weight excluding hydrogens is 300 g/mol. The number of carbonyl (C=O) groups is 2. The molecule has 0 spiro atoms. The van der Waals surface area contributed by atoms with Crippen LogP contribution in [0.2, 0.25) is 0 Å². The molecule has 3 rings (SSSR count). The van der Waals surface area contributed by atoms with Gasteiger partial charge in [-0.05, 0) is 62.7 Å². The van der Waals surface area contributed by atoms with E-state index in [0.717, 1.165) is 50.4 Å². The van der Waals surface area contributed by atoms with Crippen molar-refractivity contribution in [2.75, 3.05) is 0 Å². The molecule has 0 aliphatic heterocycles. The molecule has 4 heteroatoms. The predicted molar refractivity (Wildman–Crippen MR) is 95.4 cm³/mol. The fraction of sp³-hybridized carbons (Fsp3) is 0.900. The first-order valence-electron chi connectivity index (χ1n) is 10.1. The molecule has 3 aliphatic carbocycles. The zero-order valence-corrected chi connectivity index (χ0v) is 15.4. The molecule has 24 heavy (non-hydrogen) atoms. The van der Waals surface area contributed by atoms with E-state index in [-0.39, 0.29) is 11.8 Å². The third-order valence-corrected chi connectivity index (χ3v) is 6.85. The second kappa shape index (κ2) is 7.45. The number of amides is 2. The topological polar surface area (TPSA) is 58.2 Å². The summed E-state index contributed by atoms with van der Waals surface area (Å²) in [7, 11) is 0. The second-order valence-corrected chi connectivity index (χ2v) is 8.73. The highest BCUT2D eigenvalue weighted by Gasteiger charge is 2.43. The predicted octanol–water partition coefficient (Wildman–Crippen LogP) is 3.55. The van der Waals surface area contributed by atoms with Gasteiger partial charge in [-0.3, -0.25) is 9.59 Å². The summed E-state index contributed by atoms with van der Waals surface area (Å²) >= 11 is 0. The highest BCUT2D eigenvalue weighted by molar-refractivity contribution is 5.91. The Morgan fingerprint density at radius 1 is 0.917 bits per heavy atom. The van der Waals surface area contributed by atoms with E-state index < -0.39 is 5.54 Å². The van der Waals surface area contributed by atoms with Crippen LogP contribution in [-0.2, 0) is 9.59 Å². The van der Waals surface area contributed by atoms with Crippen molar-refractivity contribution in [3.63, 3.8) is 0 Å². The van der Waals surface area contributed by atoms with Crippen LogP contribution in [0.4, 0.5) is 0 Å². The van der Waals surface area contributed by atoms with Crippen molar-refractivity contribution in [1.29, 1.82) is 0 Å². The summed E-state index contributed by atoms with van der Waals surface area (Å²) in [6.45, 7) is 3.76. The van der Waals surface area contributed by atoms with E-state index in [1.165, 1.54) is 39.0 Å². The lowest BCUT2D eigenvalue weighted by molar-refractivity contribution is -0.135. The van der Waals surface area contributed by atoms with Crippen LogP contribution in [0.25, 0.3) is 0 Å². The molecule has 0 bridgehead atoms. The Labute approximate surface area is 146 Å². The van der Waals surface area contributed by atoms with Crippen LogP contribution >= 0.6 is 0 Å². The summed E-state index contributed by atoms with van der Waals surface area (Å²) in [5.41, 5.74) is -0.665. The van der Waals surface area contributed by atoms with Crippen molar-refractivity contribution in [1.82, 2.24) is 10.6 Å². The smallest absolute Gasteiger partial charge is 0.245 e. The quantitative estimate of drug-likeness (QED) is 0.829. The number of rotatable bonds is 3. The van der Waals surface area contributed by atoms with Crippen LogP contribution in [0, 0.1) is 17.8 Å². The van der Waals surface area contributed by atoms with Gasteiger partial charge in [0.25, 0.3) is 0 Å². The molecular formula is C20H34N2O2. The van der Waals surface area contributed by atoms with Gasteiger partial charge in [0.05, 0.1) is 0 Å². The van der Waals surface area contributed by atoms with E-state index in [0.29, 0.717) is 12.0 Å². The molecule has 0 aromatic heterocycles. The summed E-state index contributed by atoms with van der Waals surface area (Å²) in [5, 5.41) is 6.34. The first-order chi connectivity index (χ1) is 11.5. The van der Waals surface area contributed by atoms with Crippen molar-refractivity contribution in [3.05, 3.63) is 0 Å². The minimum Gasteiger partial charge on any atom is -0.351 e. The highest BCUT2D eigenvalue weighted by Crippen LogP contribution is 2.41. The summed E-state index contributed by atoms with van der Waals surface area (Å²) in [4.78, 5) is 24.8. The monoisotopic (exact) mass is 334 g/mol. The normalized spacial score (nSPS) is 39.6. The van der Waals surface area contributed by atoms with Gasteiger partial charge in [0.1, 0.15) is 5.54 Å². The Hall–Kier alpha value is -1.06. The van der Waals surface area contributed by atoms with E-state index in [9.17, 15) is 9.59 Å².